The van der Waals surface area contributed by atoms with E-state index in [9.17, 15) is 9.59 Å². The highest BCUT2D eigenvalue weighted by atomic mass is 16.5. The molecule has 1 fully saturated rings. The second-order valence-electron chi connectivity index (χ2n) is 10.6. The molecule has 1 aromatic heterocycles. The van der Waals surface area contributed by atoms with Gasteiger partial charge in [-0.1, -0.05) is 48.5 Å². The summed E-state index contributed by atoms with van der Waals surface area (Å²) in [7, 11) is 3.01. The number of pyridine rings is 1. The summed E-state index contributed by atoms with van der Waals surface area (Å²) in [6.45, 7) is 0. The Morgan fingerprint density at radius 2 is 1.69 bits per heavy atom. The number of nitrogens with zero attached hydrogens (tertiary/aromatic N) is 2. The van der Waals surface area contributed by atoms with E-state index in [4.69, 9.17) is 9.47 Å². The van der Waals surface area contributed by atoms with Crippen LogP contribution in [0.3, 0.4) is 0 Å². The van der Waals surface area contributed by atoms with E-state index in [1.165, 1.54) is 14.2 Å². The largest absolute Gasteiger partial charge is 0.497 e. The van der Waals surface area contributed by atoms with Crippen LogP contribution in [0.2, 0.25) is 0 Å². The lowest BCUT2D eigenvalue weighted by atomic mass is 9.62. The molecule has 8 nitrogen and oxygen atoms in total. The number of para-hydroxylation sites is 1. The zero-order chi connectivity index (χ0) is 29.0. The second-order valence-corrected chi connectivity index (χ2v) is 10.6. The lowest BCUT2D eigenvalue weighted by molar-refractivity contribution is -0.122. The van der Waals surface area contributed by atoms with E-state index in [0.717, 1.165) is 11.1 Å². The van der Waals surface area contributed by atoms with E-state index >= 15 is 4.79 Å². The molecule has 3 aliphatic rings. The van der Waals surface area contributed by atoms with Gasteiger partial charge in [0.2, 0.25) is 11.7 Å². The molecule has 208 valence electrons. The predicted octanol–water partition coefficient (Wildman–Crippen LogP) is 5.08. The van der Waals surface area contributed by atoms with Crippen LogP contribution in [0.25, 0.3) is 6.08 Å². The molecule has 0 aliphatic carbocycles. The molecule has 0 bridgehead atoms. The molecular formula is C34H27N3O5. The Hall–Kier alpha value is -5.24. The number of carbonyl (C=O) groups is 3. The van der Waals surface area contributed by atoms with Gasteiger partial charge in [-0.15, -0.1) is 0 Å². The third-order valence-electron chi connectivity index (χ3n) is 8.71. The van der Waals surface area contributed by atoms with E-state index < -0.39 is 23.4 Å². The van der Waals surface area contributed by atoms with Gasteiger partial charge in [0.1, 0.15) is 28.6 Å². The van der Waals surface area contributed by atoms with E-state index in [0.29, 0.717) is 22.7 Å². The van der Waals surface area contributed by atoms with Gasteiger partial charge in [-0.2, -0.15) is 0 Å². The van der Waals surface area contributed by atoms with Crippen LogP contribution in [-0.4, -0.2) is 47.6 Å². The number of nitrogens with one attached hydrogen (secondary N) is 1. The number of hydrogen-bond donors (Lipinski definition) is 1. The molecular weight excluding hydrogens is 530 g/mol. The Morgan fingerprint density at radius 1 is 0.905 bits per heavy atom. The standard InChI is InChI=1S/C34H27N3O5/c1-41-21-14-15-23(27(19-21)42-2)30(38)28-29(31(39)26-13-7-8-17-35-26)37-18-16-20-9-3-4-10-22(20)32(37)34(28)24-11-5-6-12-25(24)36-33(34)40/h3-19,28-29,32H,1-2H3,(H,36,40)/t28-,29+,32+,34+/m0/s1. The van der Waals surface area contributed by atoms with Crippen LogP contribution in [-0.2, 0) is 10.2 Å². The molecule has 0 radical (unpaired) electrons. The third kappa shape index (κ3) is 3.48. The minimum absolute atomic E-state index is 0.219. The molecule has 1 N–H and O–H groups in total. The Balaban J connectivity index is 1.54. The van der Waals surface area contributed by atoms with E-state index in [1.807, 2.05) is 65.7 Å². The fourth-order valence-electron chi connectivity index (χ4n) is 7.00. The SMILES string of the molecule is COc1ccc(C(=O)[C@@H]2[C@H](C(=O)c3ccccn3)N3C=Cc4ccccc4[C@@H]3[C@]23C(=O)Nc2ccccc23)c(OC)c1. The molecule has 3 aromatic carbocycles. The van der Waals surface area contributed by atoms with Gasteiger partial charge in [-0.05, 0) is 53.1 Å². The van der Waals surface area contributed by atoms with Crippen molar-refractivity contribution in [1.82, 2.24) is 9.88 Å². The summed E-state index contributed by atoms with van der Waals surface area (Å²) in [5.74, 6) is -1.36. The number of amides is 1. The zero-order valence-electron chi connectivity index (χ0n) is 23.0. The minimum Gasteiger partial charge on any atom is -0.497 e. The third-order valence-corrected chi connectivity index (χ3v) is 8.71. The predicted molar refractivity (Wildman–Crippen MR) is 157 cm³/mol. The number of hydrogen-bond acceptors (Lipinski definition) is 7. The minimum atomic E-state index is -1.44. The molecule has 1 saturated heterocycles. The normalized spacial score (nSPS) is 23.1. The van der Waals surface area contributed by atoms with Crippen LogP contribution in [0.5, 0.6) is 11.5 Å². The summed E-state index contributed by atoms with van der Waals surface area (Å²) in [6.07, 6.45) is 5.32. The molecule has 42 heavy (non-hydrogen) atoms. The van der Waals surface area contributed by atoms with Gasteiger partial charge in [0.05, 0.1) is 31.7 Å². The zero-order valence-corrected chi connectivity index (χ0v) is 23.0. The highest BCUT2D eigenvalue weighted by Crippen LogP contribution is 2.62. The maximum atomic E-state index is 15.0. The van der Waals surface area contributed by atoms with Crippen LogP contribution in [0.4, 0.5) is 5.69 Å². The highest BCUT2D eigenvalue weighted by molar-refractivity contribution is 6.17. The molecule has 7 rings (SSSR count). The number of benzene rings is 3. The van der Waals surface area contributed by atoms with Crippen molar-refractivity contribution in [3.05, 3.63) is 125 Å². The first kappa shape index (κ1) is 25.7. The van der Waals surface area contributed by atoms with E-state index in [2.05, 4.69) is 10.3 Å². The quantitative estimate of drug-likeness (QED) is 0.330. The van der Waals surface area contributed by atoms with Gasteiger partial charge in [0.25, 0.3) is 0 Å². The summed E-state index contributed by atoms with van der Waals surface area (Å²) >= 11 is 0. The van der Waals surface area contributed by atoms with Gasteiger partial charge in [0.15, 0.2) is 5.78 Å². The average molecular weight is 558 g/mol. The Labute approximate surface area is 242 Å². The first-order valence-corrected chi connectivity index (χ1v) is 13.7. The number of carbonyl (C=O) groups excluding carboxylic acids is 3. The Kier molecular flexibility index (Phi) is 5.93. The lowest BCUT2D eigenvalue weighted by Gasteiger charge is -2.38. The molecule has 3 aliphatic heterocycles. The van der Waals surface area contributed by atoms with Crippen molar-refractivity contribution in [1.29, 1.82) is 0 Å². The van der Waals surface area contributed by atoms with Crippen LogP contribution in [0, 0.1) is 5.92 Å². The molecule has 4 heterocycles. The van der Waals surface area contributed by atoms with Gasteiger partial charge in [0, 0.05) is 24.2 Å². The number of ether oxygens (including phenoxy) is 2. The fraction of sp³-hybridized carbons (Fsp3) is 0.176. The molecule has 1 spiro atoms. The number of rotatable bonds is 6. The number of Topliss-reactive ketones (excluding diaryl/α,β-unsaturated/α-hetero) is 2. The van der Waals surface area contributed by atoms with Crippen molar-refractivity contribution in [2.24, 2.45) is 5.92 Å². The fourth-order valence-corrected chi connectivity index (χ4v) is 7.00. The van der Waals surface area contributed by atoms with Crippen LogP contribution in [0.1, 0.15) is 43.6 Å². The maximum Gasteiger partial charge on any atom is 0.238 e. The summed E-state index contributed by atoms with van der Waals surface area (Å²) in [4.78, 5) is 50.3. The van der Waals surface area contributed by atoms with Crippen molar-refractivity contribution < 1.29 is 23.9 Å². The number of methoxy groups -OCH3 is 2. The topological polar surface area (TPSA) is 97.8 Å². The second kappa shape index (κ2) is 9.69. The van der Waals surface area contributed by atoms with Crippen LogP contribution >= 0.6 is 0 Å². The molecule has 8 heteroatoms. The number of anilines is 1. The Morgan fingerprint density at radius 3 is 2.48 bits per heavy atom. The first-order valence-electron chi connectivity index (χ1n) is 13.7. The molecule has 1 amide bonds. The number of aromatic nitrogens is 1. The van der Waals surface area contributed by atoms with Gasteiger partial charge in [-0.3, -0.25) is 19.4 Å². The highest BCUT2D eigenvalue weighted by Gasteiger charge is 2.71. The van der Waals surface area contributed by atoms with Crippen molar-refractivity contribution in [3.8, 4) is 11.5 Å². The van der Waals surface area contributed by atoms with Crippen molar-refractivity contribution in [2.75, 3.05) is 19.5 Å². The number of fused-ring (bicyclic) bond motifs is 6. The average Bonchev–Trinajstić information content (AvgIpc) is 3.52. The monoisotopic (exact) mass is 557 g/mol. The van der Waals surface area contributed by atoms with Crippen molar-refractivity contribution >= 4 is 29.2 Å². The number of ketones is 2. The molecule has 4 aromatic rings. The summed E-state index contributed by atoms with van der Waals surface area (Å²) in [5.41, 5.74) is 2.14. The van der Waals surface area contributed by atoms with Crippen LogP contribution in [0.15, 0.2) is 97.3 Å². The Bertz CT molecular complexity index is 1790. The summed E-state index contributed by atoms with van der Waals surface area (Å²) in [6, 6.07) is 23.6. The van der Waals surface area contributed by atoms with Gasteiger partial charge >= 0.3 is 0 Å². The summed E-state index contributed by atoms with van der Waals surface area (Å²) < 4.78 is 11.0. The van der Waals surface area contributed by atoms with E-state index in [1.54, 1.807) is 42.6 Å². The van der Waals surface area contributed by atoms with E-state index in [-0.39, 0.29) is 28.7 Å². The lowest BCUT2D eigenvalue weighted by Crippen LogP contribution is -2.49. The maximum absolute atomic E-state index is 15.0. The smallest absolute Gasteiger partial charge is 0.238 e. The summed E-state index contributed by atoms with van der Waals surface area (Å²) in [5, 5.41) is 3.06. The molecule has 4 atom stereocenters. The molecule has 0 saturated carbocycles. The van der Waals surface area contributed by atoms with Crippen molar-refractivity contribution in [2.45, 2.75) is 17.5 Å². The molecule has 0 unspecified atom stereocenters. The van der Waals surface area contributed by atoms with Crippen LogP contribution < -0.4 is 14.8 Å². The van der Waals surface area contributed by atoms with Gasteiger partial charge < -0.3 is 19.7 Å². The first-order chi connectivity index (χ1) is 20.5. The van der Waals surface area contributed by atoms with Gasteiger partial charge in [-0.25, -0.2) is 0 Å². The van der Waals surface area contributed by atoms with Crippen molar-refractivity contribution in [3.63, 3.8) is 0 Å².